The smallest absolute Gasteiger partial charge is 0.244 e. The Bertz CT molecular complexity index is 141. The fraction of sp³-hybridized carbons (Fsp3) is 0.571. The Hall–Kier alpha value is -0.830. The van der Waals surface area contributed by atoms with Gasteiger partial charge in [-0.3, -0.25) is 10.1 Å². The van der Waals surface area contributed by atoms with Gasteiger partial charge in [-0.05, 0) is 27.0 Å². The van der Waals surface area contributed by atoms with Gasteiger partial charge in [-0.15, -0.1) is 0 Å². The standard InChI is InChI=1S/C7H14N2O/c1-5-6(10)9-7(2,3)8-4/h5,8H,1H2,2-4H3,(H,9,10). The highest BCUT2D eigenvalue weighted by Gasteiger charge is 2.14. The highest BCUT2D eigenvalue weighted by Crippen LogP contribution is 1.93. The molecule has 2 N–H and O–H groups in total. The third kappa shape index (κ3) is 3.25. The van der Waals surface area contributed by atoms with E-state index in [9.17, 15) is 4.79 Å². The molecule has 0 fully saturated rings. The van der Waals surface area contributed by atoms with Gasteiger partial charge >= 0.3 is 0 Å². The molecule has 0 unspecified atom stereocenters. The first-order chi connectivity index (χ1) is 4.52. The minimum absolute atomic E-state index is 0.167. The molecule has 0 spiro atoms. The van der Waals surface area contributed by atoms with Gasteiger partial charge in [0.15, 0.2) is 0 Å². The van der Waals surface area contributed by atoms with Crippen molar-refractivity contribution in [3.63, 3.8) is 0 Å². The Morgan fingerprint density at radius 3 is 2.40 bits per heavy atom. The predicted molar refractivity (Wildman–Crippen MR) is 41.5 cm³/mol. The predicted octanol–water partition coefficient (Wildman–Crippen LogP) is 0.244. The van der Waals surface area contributed by atoms with Gasteiger partial charge in [-0.1, -0.05) is 6.58 Å². The summed E-state index contributed by atoms with van der Waals surface area (Å²) in [6, 6.07) is 0. The Morgan fingerprint density at radius 1 is 1.60 bits per heavy atom. The molecule has 3 heteroatoms. The van der Waals surface area contributed by atoms with E-state index in [4.69, 9.17) is 0 Å². The summed E-state index contributed by atoms with van der Waals surface area (Å²) >= 11 is 0. The Balaban J connectivity index is 3.87. The van der Waals surface area contributed by atoms with Gasteiger partial charge in [0.1, 0.15) is 0 Å². The molecule has 1 amide bonds. The van der Waals surface area contributed by atoms with Crippen LogP contribution in [-0.2, 0) is 4.79 Å². The third-order valence-electron chi connectivity index (χ3n) is 1.25. The van der Waals surface area contributed by atoms with Crippen molar-refractivity contribution in [1.29, 1.82) is 0 Å². The highest BCUT2D eigenvalue weighted by molar-refractivity contribution is 5.87. The van der Waals surface area contributed by atoms with Gasteiger partial charge in [-0.25, -0.2) is 0 Å². The van der Waals surface area contributed by atoms with Crippen LogP contribution >= 0.6 is 0 Å². The molecular weight excluding hydrogens is 128 g/mol. The van der Waals surface area contributed by atoms with Gasteiger partial charge in [0.05, 0.1) is 5.66 Å². The van der Waals surface area contributed by atoms with Crippen molar-refractivity contribution in [2.45, 2.75) is 19.5 Å². The number of carbonyl (C=O) groups excluding carboxylic acids is 1. The lowest BCUT2D eigenvalue weighted by molar-refractivity contribution is -0.118. The highest BCUT2D eigenvalue weighted by atomic mass is 16.1. The first-order valence-electron chi connectivity index (χ1n) is 3.15. The summed E-state index contributed by atoms with van der Waals surface area (Å²) in [4.78, 5) is 10.7. The van der Waals surface area contributed by atoms with Gasteiger partial charge in [0, 0.05) is 0 Å². The van der Waals surface area contributed by atoms with Crippen LogP contribution in [-0.4, -0.2) is 18.6 Å². The zero-order chi connectivity index (χ0) is 8.20. The van der Waals surface area contributed by atoms with Crippen LogP contribution in [0.15, 0.2) is 12.7 Å². The minimum atomic E-state index is -0.356. The first kappa shape index (κ1) is 9.17. The fourth-order valence-electron chi connectivity index (χ4n) is 0.422. The largest absolute Gasteiger partial charge is 0.335 e. The molecule has 0 bridgehead atoms. The minimum Gasteiger partial charge on any atom is -0.335 e. The molecule has 0 saturated carbocycles. The van der Waals surface area contributed by atoms with Gasteiger partial charge in [-0.2, -0.15) is 0 Å². The zero-order valence-electron chi connectivity index (χ0n) is 6.69. The van der Waals surface area contributed by atoms with Crippen LogP contribution in [0.4, 0.5) is 0 Å². The first-order valence-corrected chi connectivity index (χ1v) is 3.15. The molecule has 0 saturated heterocycles. The molecule has 0 aliphatic heterocycles. The maximum Gasteiger partial charge on any atom is 0.244 e. The number of nitrogens with one attached hydrogen (secondary N) is 2. The van der Waals surface area contributed by atoms with Crippen LogP contribution in [0.5, 0.6) is 0 Å². The zero-order valence-corrected chi connectivity index (χ0v) is 6.69. The van der Waals surface area contributed by atoms with E-state index >= 15 is 0 Å². The van der Waals surface area contributed by atoms with Crippen LogP contribution in [0.3, 0.4) is 0 Å². The van der Waals surface area contributed by atoms with Crippen LogP contribution in [0.2, 0.25) is 0 Å². The SMILES string of the molecule is C=CC(=O)NC(C)(C)NC. The van der Waals surface area contributed by atoms with Crippen molar-refractivity contribution in [2.24, 2.45) is 0 Å². The lowest BCUT2D eigenvalue weighted by Gasteiger charge is -2.24. The monoisotopic (exact) mass is 142 g/mol. The molecule has 0 aromatic rings. The van der Waals surface area contributed by atoms with E-state index < -0.39 is 0 Å². The number of hydrogen-bond donors (Lipinski definition) is 2. The van der Waals surface area contributed by atoms with Crippen LogP contribution in [0.1, 0.15) is 13.8 Å². The summed E-state index contributed by atoms with van der Waals surface area (Å²) < 4.78 is 0. The summed E-state index contributed by atoms with van der Waals surface area (Å²) in [6.07, 6.45) is 1.25. The second kappa shape index (κ2) is 3.37. The second-order valence-corrected chi connectivity index (χ2v) is 2.57. The van der Waals surface area contributed by atoms with Crippen molar-refractivity contribution >= 4 is 5.91 Å². The molecular formula is C7H14N2O. The fourth-order valence-corrected chi connectivity index (χ4v) is 0.422. The molecule has 0 radical (unpaired) electrons. The van der Waals surface area contributed by atoms with E-state index in [2.05, 4.69) is 17.2 Å². The maximum atomic E-state index is 10.7. The molecule has 58 valence electrons. The van der Waals surface area contributed by atoms with E-state index in [0.29, 0.717) is 0 Å². The third-order valence-corrected chi connectivity index (χ3v) is 1.25. The van der Waals surface area contributed by atoms with Crippen molar-refractivity contribution in [3.8, 4) is 0 Å². The Morgan fingerprint density at radius 2 is 2.10 bits per heavy atom. The van der Waals surface area contributed by atoms with Crippen LogP contribution in [0, 0.1) is 0 Å². The summed E-state index contributed by atoms with van der Waals surface area (Å²) in [6.45, 7) is 7.08. The van der Waals surface area contributed by atoms with Crippen molar-refractivity contribution in [2.75, 3.05) is 7.05 Å². The maximum absolute atomic E-state index is 10.7. The number of rotatable bonds is 3. The summed E-state index contributed by atoms with van der Waals surface area (Å²) in [5.41, 5.74) is -0.356. The number of carbonyl (C=O) groups is 1. The molecule has 0 rings (SSSR count). The van der Waals surface area contributed by atoms with Crippen molar-refractivity contribution in [3.05, 3.63) is 12.7 Å². The van der Waals surface area contributed by atoms with Gasteiger partial charge < -0.3 is 5.32 Å². The lowest BCUT2D eigenvalue weighted by Crippen LogP contribution is -2.52. The molecule has 0 aromatic heterocycles. The molecule has 0 heterocycles. The average molecular weight is 142 g/mol. The molecule has 10 heavy (non-hydrogen) atoms. The van der Waals surface area contributed by atoms with Crippen molar-refractivity contribution < 1.29 is 4.79 Å². The van der Waals surface area contributed by atoms with Crippen LogP contribution in [0.25, 0.3) is 0 Å². The number of amides is 1. The van der Waals surface area contributed by atoms with E-state index in [1.165, 1.54) is 6.08 Å². The van der Waals surface area contributed by atoms with Gasteiger partial charge in [0.2, 0.25) is 5.91 Å². The Labute approximate surface area is 61.5 Å². The van der Waals surface area contributed by atoms with Crippen molar-refractivity contribution in [1.82, 2.24) is 10.6 Å². The normalized spacial score (nSPS) is 10.7. The van der Waals surface area contributed by atoms with E-state index in [-0.39, 0.29) is 11.6 Å². The molecule has 0 aromatic carbocycles. The number of hydrogen-bond acceptors (Lipinski definition) is 2. The van der Waals surface area contributed by atoms with E-state index in [1.54, 1.807) is 7.05 Å². The molecule has 0 atom stereocenters. The van der Waals surface area contributed by atoms with Crippen LogP contribution < -0.4 is 10.6 Å². The van der Waals surface area contributed by atoms with E-state index in [0.717, 1.165) is 0 Å². The molecule has 0 aliphatic carbocycles. The molecule has 0 aliphatic rings. The second-order valence-electron chi connectivity index (χ2n) is 2.57. The lowest BCUT2D eigenvalue weighted by atomic mass is 10.2. The molecule has 3 nitrogen and oxygen atoms in total. The van der Waals surface area contributed by atoms with Gasteiger partial charge in [0.25, 0.3) is 0 Å². The summed E-state index contributed by atoms with van der Waals surface area (Å²) in [5.74, 6) is -0.167. The topological polar surface area (TPSA) is 41.1 Å². The van der Waals surface area contributed by atoms with E-state index in [1.807, 2.05) is 13.8 Å². The summed E-state index contributed by atoms with van der Waals surface area (Å²) in [7, 11) is 1.78. The average Bonchev–Trinajstić information content (AvgIpc) is 1.87. The quantitative estimate of drug-likeness (QED) is 0.438. The summed E-state index contributed by atoms with van der Waals surface area (Å²) in [5, 5.41) is 5.61. The Kier molecular flexibility index (Phi) is 3.09.